The van der Waals surface area contributed by atoms with Crippen molar-refractivity contribution >= 4 is 18.1 Å². The summed E-state index contributed by atoms with van der Waals surface area (Å²) >= 11 is -2.94. The standard InChI is InChI=1S/C7H10FGe.3C4H10O.Zr/c1-9(2,8)7-5-3-4-6-7;3*1-2-3-4-5;/h3-6H,1-2H3;3*5H,2-4H2,1H3;/q-1;;;;. The molecule has 0 aliphatic heterocycles. The van der Waals surface area contributed by atoms with Crippen molar-refractivity contribution in [1.82, 2.24) is 0 Å². The number of unbranched alkanes of at least 4 members (excludes halogenated alkanes) is 3. The van der Waals surface area contributed by atoms with E-state index in [4.69, 9.17) is 15.3 Å². The van der Waals surface area contributed by atoms with Crippen molar-refractivity contribution in [2.45, 2.75) is 70.8 Å². The first-order valence-electron chi connectivity index (χ1n) is 9.09. The van der Waals surface area contributed by atoms with E-state index < -0.39 is 13.7 Å². The van der Waals surface area contributed by atoms with Crippen LogP contribution in [-0.2, 0) is 26.2 Å². The van der Waals surface area contributed by atoms with Crippen LogP contribution in [0.3, 0.4) is 0 Å². The maximum absolute atomic E-state index is 13.1. The molecule has 1 aromatic carbocycles. The average molecular weight is 499 g/mol. The molecule has 6 heteroatoms. The van der Waals surface area contributed by atoms with Crippen LogP contribution in [0.15, 0.2) is 24.3 Å². The number of aliphatic hydroxyl groups excluding tert-OH is 3. The molecule has 0 aliphatic rings. The maximum atomic E-state index is 13.1. The van der Waals surface area contributed by atoms with E-state index in [1.807, 2.05) is 24.3 Å². The zero-order valence-corrected chi connectivity index (χ0v) is 21.4. The van der Waals surface area contributed by atoms with Crippen LogP contribution in [0.1, 0.15) is 59.3 Å². The molecule has 0 aliphatic carbocycles. The zero-order valence-electron chi connectivity index (χ0n) is 16.9. The average Bonchev–Trinajstić information content (AvgIpc) is 3.06. The normalized spacial score (nSPS) is 9.32. The fraction of sp³-hybridized carbons (Fsp3) is 0.737. The Bertz CT molecular complexity index is 284. The maximum Gasteiger partial charge on any atom is 0 e. The van der Waals surface area contributed by atoms with Crippen molar-refractivity contribution in [3.05, 3.63) is 24.3 Å². The van der Waals surface area contributed by atoms with Crippen molar-refractivity contribution in [3.63, 3.8) is 0 Å². The molecule has 0 radical (unpaired) electrons. The van der Waals surface area contributed by atoms with Crippen molar-refractivity contribution < 1.29 is 45.0 Å². The van der Waals surface area contributed by atoms with Gasteiger partial charge in [0.2, 0.25) is 0 Å². The third kappa shape index (κ3) is 32.7. The van der Waals surface area contributed by atoms with Crippen LogP contribution in [0, 0.1) is 0 Å². The Labute approximate surface area is 177 Å². The van der Waals surface area contributed by atoms with Gasteiger partial charge in [0.1, 0.15) is 0 Å². The van der Waals surface area contributed by atoms with E-state index in [-0.39, 0.29) is 26.2 Å². The van der Waals surface area contributed by atoms with Gasteiger partial charge in [0, 0.05) is 46.0 Å². The summed E-state index contributed by atoms with van der Waals surface area (Å²) < 4.78 is 14.1. The van der Waals surface area contributed by atoms with Gasteiger partial charge in [-0.05, 0) is 19.3 Å². The van der Waals surface area contributed by atoms with Crippen LogP contribution in [-0.4, -0.2) is 48.9 Å². The van der Waals surface area contributed by atoms with Gasteiger partial charge in [0.25, 0.3) is 0 Å². The minimum absolute atomic E-state index is 0. The van der Waals surface area contributed by atoms with Gasteiger partial charge in [0.05, 0.1) is 0 Å². The first kappa shape index (κ1) is 33.2. The van der Waals surface area contributed by atoms with E-state index in [1.54, 1.807) is 11.5 Å². The predicted molar refractivity (Wildman–Crippen MR) is 106 cm³/mol. The molecule has 0 atom stereocenters. The van der Waals surface area contributed by atoms with E-state index in [0.717, 1.165) is 42.9 Å². The number of halogens is 1. The van der Waals surface area contributed by atoms with Gasteiger partial charge in [-0.3, -0.25) is 0 Å². The second-order valence-corrected chi connectivity index (χ2v) is 13.3. The number of hydrogen-bond acceptors (Lipinski definition) is 3. The number of aliphatic hydroxyl groups is 3. The van der Waals surface area contributed by atoms with Crippen LogP contribution in [0.4, 0.5) is 3.50 Å². The molecule has 0 saturated heterocycles. The van der Waals surface area contributed by atoms with E-state index >= 15 is 0 Å². The predicted octanol–water partition coefficient (Wildman–Crippen LogP) is 4.12. The third-order valence-corrected chi connectivity index (χ3v) is 6.46. The van der Waals surface area contributed by atoms with Gasteiger partial charge >= 0.3 is 57.4 Å². The fourth-order valence-electron chi connectivity index (χ4n) is 1.24. The summed E-state index contributed by atoms with van der Waals surface area (Å²) in [7, 11) is 0. The number of hydrogen-bond donors (Lipinski definition) is 3. The monoisotopic (exact) mass is 499 g/mol. The van der Waals surface area contributed by atoms with Crippen LogP contribution in [0.5, 0.6) is 0 Å². The molecular formula is C19H40FGeO3Zr-. The number of rotatable bonds is 7. The minimum atomic E-state index is -2.94. The molecule has 0 spiro atoms. The van der Waals surface area contributed by atoms with E-state index in [2.05, 4.69) is 20.8 Å². The van der Waals surface area contributed by atoms with Crippen LogP contribution in [0.25, 0.3) is 0 Å². The minimum Gasteiger partial charge on any atom is 0 e. The molecule has 0 amide bonds. The fourth-order valence-corrected chi connectivity index (χ4v) is 3.31. The Hall–Kier alpha value is 0.586. The molecule has 0 aromatic heterocycles. The Balaban J connectivity index is -0.000000122. The quantitative estimate of drug-likeness (QED) is 0.391. The van der Waals surface area contributed by atoms with Crippen LogP contribution < -0.4 is 4.40 Å². The van der Waals surface area contributed by atoms with Crippen molar-refractivity contribution in [1.29, 1.82) is 0 Å². The van der Waals surface area contributed by atoms with E-state index in [1.165, 1.54) is 0 Å². The van der Waals surface area contributed by atoms with Gasteiger partial charge in [-0.2, -0.15) is 0 Å². The first-order chi connectivity index (χ1) is 11.3. The van der Waals surface area contributed by atoms with Crippen molar-refractivity contribution in [3.8, 4) is 0 Å². The van der Waals surface area contributed by atoms with Gasteiger partial charge < -0.3 is 15.3 Å². The summed E-state index contributed by atoms with van der Waals surface area (Å²) in [5, 5.41) is 24.2. The molecule has 150 valence electrons. The molecular weight excluding hydrogens is 459 g/mol. The van der Waals surface area contributed by atoms with Crippen molar-refractivity contribution in [2.75, 3.05) is 19.8 Å². The second-order valence-electron chi connectivity index (χ2n) is 5.88. The van der Waals surface area contributed by atoms with Gasteiger partial charge in [-0.15, -0.1) is 0 Å². The smallest absolute Gasteiger partial charge is 0 e. The second kappa shape index (κ2) is 26.8. The molecule has 0 heterocycles. The molecule has 25 heavy (non-hydrogen) atoms. The topological polar surface area (TPSA) is 60.7 Å². The summed E-state index contributed by atoms with van der Waals surface area (Å²) in [5.74, 6) is 3.49. The molecule has 3 N–H and O–H groups in total. The van der Waals surface area contributed by atoms with Gasteiger partial charge in [0.15, 0.2) is 0 Å². The molecule has 0 unspecified atom stereocenters. The molecule has 3 nitrogen and oxygen atoms in total. The Morgan fingerprint density at radius 2 is 1.04 bits per heavy atom. The first-order valence-corrected chi connectivity index (χ1v) is 15.1. The molecule has 0 saturated carbocycles. The summed E-state index contributed by atoms with van der Waals surface area (Å²) in [6.45, 7) is 7.19. The summed E-state index contributed by atoms with van der Waals surface area (Å²) in [6.07, 6.45) is 6.11. The zero-order chi connectivity index (χ0) is 19.3. The van der Waals surface area contributed by atoms with Crippen molar-refractivity contribution in [2.24, 2.45) is 0 Å². The molecule has 0 bridgehead atoms. The summed E-state index contributed by atoms with van der Waals surface area (Å²) in [6, 6.07) is 7.53. The molecule has 1 rings (SSSR count). The Kier molecular flexibility index (Phi) is 35.6. The Morgan fingerprint density at radius 3 is 1.12 bits per heavy atom. The summed E-state index contributed by atoms with van der Waals surface area (Å²) in [5.41, 5.74) is 0. The van der Waals surface area contributed by atoms with Gasteiger partial charge in [-0.1, -0.05) is 40.0 Å². The van der Waals surface area contributed by atoms with Crippen LogP contribution in [0.2, 0.25) is 11.5 Å². The summed E-state index contributed by atoms with van der Waals surface area (Å²) in [4.78, 5) is 0. The SMILES string of the molecule is CCCCO.CCCCO.CCCCO.[CH3][Ge]([CH3])([F])[c-]1cccc1.[Zr]. The van der Waals surface area contributed by atoms with E-state index in [9.17, 15) is 3.50 Å². The van der Waals surface area contributed by atoms with E-state index in [0.29, 0.717) is 19.8 Å². The molecule has 0 fully saturated rings. The third-order valence-electron chi connectivity index (χ3n) is 2.88. The molecule has 1 aromatic rings. The largest absolute Gasteiger partial charge is 0 e. The Morgan fingerprint density at radius 1 is 0.760 bits per heavy atom. The van der Waals surface area contributed by atoms with Crippen LogP contribution >= 0.6 is 0 Å². The van der Waals surface area contributed by atoms with Gasteiger partial charge in [-0.25, -0.2) is 0 Å².